The highest BCUT2D eigenvalue weighted by Gasteiger charge is 2.35. The van der Waals surface area contributed by atoms with Gasteiger partial charge in [0.1, 0.15) is 5.82 Å². The maximum absolute atomic E-state index is 12.9. The minimum absolute atomic E-state index is 0.141. The van der Waals surface area contributed by atoms with Crippen LogP contribution in [0.15, 0.2) is 24.4 Å². The zero-order valence-electron chi connectivity index (χ0n) is 12.2. The van der Waals surface area contributed by atoms with Gasteiger partial charge >= 0.3 is 6.18 Å². The summed E-state index contributed by atoms with van der Waals surface area (Å²) in [6.45, 7) is 3.05. The van der Waals surface area contributed by atoms with E-state index in [2.05, 4.69) is 4.98 Å². The molecule has 3 rings (SSSR count). The summed E-state index contributed by atoms with van der Waals surface area (Å²) in [5, 5.41) is -0.560. The molecule has 0 radical (unpaired) electrons. The van der Waals surface area contributed by atoms with Gasteiger partial charge < -0.3 is 9.47 Å². The molecule has 1 aliphatic rings. The third kappa shape index (κ3) is 2.93. The molecule has 1 aliphatic heterocycles. The van der Waals surface area contributed by atoms with E-state index in [1.807, 2.05) is 17.7 Å². The molecule has 0 atom stereocenters. The van der Waals surface area contributed by atoms with Gasteiger partial charge in [0.15, 0.2) is 0 Å². The highest BCUT2D eigenvalue weighted by Crippen LogP contribution is 2.36. The molecule has 0 saturated carbocycles. The van der Waals surface area contributed by atoms with E-state index in [0.717, 1.165) is 11.8 Å². The van der Waals surface area contributed by atoms with Gasteiger partial charge in [-0.25, -0.2) is 4.98 Å². The number of hydrogen-bond donors (Lipinski definition) is 0. The van der Waals surface area contributed by atoms with Crippen LogP contribution >= 0.6 is 11.6 Å². The standard InChI is InChI=1S/C15H13ClF3N3O/c1-9-7-21-5-6-22(8-12(21)20-9)14(23)10-3-2-4-11(13(10)16)15(17,18)19/h2-4,7H,5-6,8H2,1H3. The minimum atomic E-state index is -4.59. The fourth-order valence-electron chi connectivity index (χ4n) is 2.65. The molecule has 23 heavy (non-hydrogen) atoms. The Hall–Kier alpha value is -2.02. The van der Waals surface area contributed by atoms with Crippen LogP contribution in [0.4, 0.5) is 13.2 Å². The van der Waals surface area contributed by atoms with Gasteiger partial charge in [-0.05, 0) is 19.1 Å². The minimum Gasteiger partial charge on any atom is -0.331 e. The van der Waals surface area contributed by atoms with Crippen LogP contribution in [0, 0.1) is 6.92 Å². The Bertz CT molecular complexity index is 770. The second-order valence-corrected chi connectivity index (χ2v) is 5.76. The molecule has 0 bridgehead atoms. The van der Waals surface area contributed by atoms with Crippen molar-refractivity contribution < 1.29 is 18.0 Å². The molecular formula is C15H13ClF3N3O. The van der Waals surface area contributed by atoms with Gasteiger partial charge in [-0.3, -0.25) is 4.79 Å². The first-order chi connectivity index (χ1) is 10.8. The number of imidazole rings is 1. The van der Waals surface area contributed by atoms with Crippen LogP contribution in [0.2, 0.25) is 5.02 Å². The van der Waals surface area contributed by atoms with E-state index in [1.165, 1.54) is 17.0 Å². The molecule has 1 amide bonds. The van der Waals surface area contributed by atoms with Crippen LogP contribution in [0.25, 0.3) is 0 Å². The Morgan fingerprint density at radius 1 is 1.30 bits per heavy atom. The van der Waals surface area contributed by atoms with Crippen molar-refractivity contribution >= 4 is 17.5 Å². The van der Waals surface area contributed by atoms with E-state index in [-0.39, 0.29) is 12.1 Å². The van der Waals surface area contributed by atoms with E-state index in [9.17, 15) is 18.0 Å². The van der Waals surface area contributed by atoms with Gasteiger partial charge in [0, 0.05) is 19.3 Å². The summed E-state index contributed by atoms with van der Waals surface area (Å²) in [4.78, 5) is 18.3. The van der Waals surface area contributed by atoms with Crippen molar-refractivity contribution in [2.24, 2.45) is 0 Å². The van der Waals surface area contributed by atoms with Gasteiger partial charge in [0.05, 0.1) is 28.4 Å². The molecule has 0 N–H and O–H groups in total. The number of halogens is 4. The summed E-state index contributed by atoms with van der Waals surface area (Å²) in [5.41, 5.74) is -0.302. The molecule has 1 aromatic heterocycles. The zero-order chi connectivity index (χ0) is 16.8. The molecule has 2 aromatic rings. The second-order valence-electron chi connectivity index (χ2n) is 5.38. The first-order valence-electron chi connectivity index (χ1n) is 6.95. The molecule has 0 unspecified atom stereocenters. The van der Waals surface area contributed by atoms with Crippen LogP contribution in [0.5, 0.6) is 0 Å². The highest BCUT2D eigenvalue weighted by molar-refractivity contribution is 6.34. The van der Waals surface area contributed by atoms with E-state index in [4.69, 9.17) is 11.6 Å². The number of rotatable bonds is 1. The molecule has 122 valence electrons. The van der Waals surface area contributed by atoms with Crippen molar-refractivity contribution in [3.05, 3.63) is 52.1 Å². The number of aromatic nitrogens is 2. The molecule has 0 fully saturated rings. The first-order valence-corrected chi connectivity index (χ1v) is 7.33. The largest absolute Gasteiger partial charge is 0.417 e. The Labute approximate surface area is 135 Å². The molecule has 8 heteroatoms. The van der Waals surface area contributed by atoms with Gasteiger partial charge in [-0.2, -0.15) is 13.2 Å². The van der Waals surface area contributed by atoms with Crippen molar-refractivity contribution in [2.45, 2.75) is 26.2 Å². The Balaban J connectivity index is 1.90. The zero-order valence-corrected chi connectivity index (χ0v) is 12.9. The van der Waals surface area contributed by atoms with Gasteiger partial charge in [-0.15, -0.1) is 0 Å². The number of carbonyl (C=O) groups excluding carboxylic acids is 1. The number of carbonyl (C=O) groups is 1. The number of amides is 1. The number of benzene rings is 1. The average molecular weight is 344 g/mol. The first kappa shape index (κ1) is 15.9. The molecule has 4 nitrogen and oxygen atoms in total. The molecule has 0 spiro atoms. The van der Waals surface area contributed by atoms with Crippen molar-refractivity contribution in [3.8, 4) is 0 Å². The van der Waals surface area contributed by atoms with Crippen molar-refractivity contribution in [3.63, 3.8) is 0 Å². The molecular weight excluding hydrogens is 331 g/mol. The smallest absolute Gasteiger partial charge is 0.331 e. The Morgan fingerprint density at radius 2 is 2.04 bits per heavy atom. The fourth-order valence-corrected chi connectivity index (χ4v) is 2.97. The van der Waals surface area contributed by atoms with Gasteiger partial charge in [0.25, 0.3) is 5.91 Å². The number of fused-ring (bicyclic) bond motifs is 1. The van der Waals surface area contributed by atoms with Crippen LogP contribution < -0.4 is 0 Å². The summed E-state index contributed by atoms with van der Waals surface area (Å²) >= 11 is 5.82. The molecule has 0 saturated heterocycles. The third-order valence-electron chi connectivity index (χ3n) is 3.74. The lowest BCUT2D eigenvalue weighted by atomic mass is 10.1. The maximum atomic E-state index is 12.9. The summed E-state index contributed by atoms with van der Waals surface area (Å²) in [5.74, 6) is 0.193. The van der Waals surface area contributed by atoms with Crippen molar-refractivity contribution in [2.75, 3.05) is 6.54 Å². The van der Waals surface area contributed by atoms with Crippen LogP contribution in [-0.4, -0.2) is 26.9 Å². The topological polar surface area (TPSA) is 38.1 Å². The predicted molar refractivity (Wildman–Crippen MR) is 78.2 cm³/mol. The Morgan fingerprint density at radius 3 is 2.74 bits per heavy atom. The Kier molecular flexibility index (Phi) is 3.83. The van der Waals surface area contributed by atoms with Crippen LogP contribution in [0.1, 0.15) is 27.4 Å². The number of alkyl halides is 3. The highest BCUT2D eigenvalue weighted by atomic mass is 35.5. The number of nitrogens with zero attached hydrogens (tertiary/aromatic N) is 3. The van der Waals surface area contributed by atoms with Gasteiger partial charge in [-0.1, -0.05) is 17.7 Å². The number of aryl methyl sites for hydroxylation is 1. The number of hydrogen-bond acceptors (Lipinski definition) is 2. The fraction of sp³-hybridized carbons (Fsp3) is 0.333. The van der Waals surface area contributed by atoms with Crippen molar-refractivity contribution in [1.82, 2.24) is 14.5 Å². The molecule has 1 aromatic carbocycles. The summed E-state index contributed by atoms with van der Waals surface area (Å²) < 4.78 is 40.7. The third-order valence-corrected chi connectivity index (χ3v) is 4.15. The lowest BCUT2D eigenvalue weighted by molar-refractivity contribution is -0.137. The maximum Gasteiger partial charge on any atom is 0.417 e. The quantitative estimate of drug-likeness (QED) is 0.794. The lowest BCUT2D eigenvalue weighted by Gasteiger charge is -2.28. The van der Waals surface area contributed by atoms with Crippen molar-refractivity contribution in [1.29, 1.82) is 0 Å². The normalized spacial score (nSPS) is 14.7. The average Bonchev–Trinajstić information content (AvgIpc) is 2.84. The monoisotopic (exact) mass is 343 g/mol. The molecule has 0 aliphatic carbocycles. The van der Waals surface area contributed by atoms with E-state index < -0.39 is 22.7 Å². The van der Waals surface area contributed by atoms with E-state index >= 15 is 0 Å². The molecule has 2 heterocycles. The SMILES string of the molecule is Cc1cn2c(n1)CN(C(=O)c1cccc(C(F)(F)F)c1Cl)CC2. The van der Waals surface area contributed by atoms with Gasteiger partial charge in [0.2, 0.25) is 0 Å². The summed E-state index contributed by atoms with van der Waals surface area (Å²) in [6, 6.07) is 3.37. The van der Waals surface area contributed by atoms with Crippen LogP contribution in [0.3, 0.4) is 0 Å². The van der Waals surface area contributed by atoms with E-state index in [0.29, 0.717) is 18.9 Å². The predicted octanol–water partition coefficient (Wildman–Crippen LogP) is 3.52. The van der Waals surface area contributed by atoms with Crippen LogP contribution in [-0.2, 0) is 19.3 Å². The van der Waals surface area contributed by atoms with E-state index in [1.54, 1.807) is 0 Å². The lowest BCUT2D eigenvalue weighted by Crippen LogP contribution is -2.38. The second kappa shape index (κ2) is 5.56. The summed E-state index contributed by atoms with van der Waals surface area (Å²) in [7, 11) is 0. The summed E-state index contributed by atoms with van der Waals surface area (Å²) in [6.07, 6.45) is -2.71.